The monoisotopic (exact) mass is 447 g/mol. The van der Waals surface area contributed by atoms with Crippen LogP contribution < -0.4 is 4.90 Å². The zero-order valence-electron chi connectivity index (χ0n) is 17.6. The summed E-state index contributed by atoms with van der Waals surface area (Å²) in [5.74, 6) is -1.29. The van der Waals surface area contributed by atoms with Crippen LogP contribution in [0.4, 0.5) is 5.69 Å². The maximum absolute atomic E-state index is 13.2. The van der Waals surface area contributed by atoms with E-state index in [1.165, 1.54) is 22.3 Å². The van der Waals surface area contributed by atoms with Crippen molar-refractivity contribution >= 4 is 34.7 Å². The molecule has 5 rings (SSSR count). The molecule has 162 valence electrons. The van der Waals surface area contributed by atoms with Crippen LogP contribution in [0.2, 0.25) is 5.02 Å². The minimum absolute atomic E-state index is 0.0115. The van der Waals surface area contributed by atoms with Crippen molar-refractivity contribution in [3.8, 4) is 0 Å². The topological polar surface area (TPSA) is 70.8 Å². The van der Waals surface area contributed by atoms with Crippen molar-refractivity contribution in [2.24, 2.45) is 0 Å². The summed E-state index contributed by atoms with van der Waals surface area (Å²) in [6.07, 6.45) is 5.69. The number of fused-ring (bicyclic) bond motifs is 1. The number of rotatable bonds is 3. The molecular formula is C26H22ClNO4. The molecule has 1 fully saturated rings. The average molecular weight is 448 g/mol. The van der Waals surface area contributed by atoms with E-state index in [0.717, 1.165) is 31.2 Å². The number of nitrogens with zero attached hydrogens (tertiary/aromatic N) is 1. The molecule has 0 radical (unpaired) electrons. The lowest BCUT2D eigenvalue weighted by atomic mass is 9.89. The fourth-order valence-corrected chi connectivity index (χ4v) is 4.76. The zero-order chi connectivity index (χ0) is 22.4. The molecule has 1 aliphatic heterocycles. The highest BCUT2D eigenvalue weighted by Gasteiger charge is 2.48. The number of hydrogen-bond donors (Lipinski definition) is 1. The Hall–Kier alpha value is -3.31. The zero-order valence-corrected chi connectivity index (χ0v) is 18.4. The normalized spacial score (nSPS) is 19.9. The van der Waals surface area contributed by atoms with Crippen LogP contribution in [0.25, 0.3) is 5.76 Å². The van der Waals surface area contributed by atoms with E-state index in [2.05, 4.69) is 0 Å². The quantitative estimate of drug-likeness (QED) is 0.315. The lowest BCUT2D eigenvalue weighted by Gasteiger charge is -2.24. The summed E-state index contributed by atoms with van der Waals surface area (Å²) in [6.45, 7) is 1.86. The molecule has 1 amide bonds. The Kier molecular flexibility index (Phi) is 5.14. The van der Waals surface area contributed by atoms with E-state index in [1.54, 1.807) is 30.3 Å². The molecule has 5 nitrogen and oxygen atoms in total. The molecule has 2 aliphatic rings. The highest BCUT2D eigenvalue weighted by Crippen LogP contribution is 2.43. The van der Waals surface area contributed by atoms with Crippen LogP contribution in [0.15, 0.2) is 64.8 Å². The molecule has 2 aromatic carbocycles. The molecule has 1 atom stereocenters. The smallest absolute Gasteiger partial charge is 0.300 e. The SMILES string of the molecule is Cc1ccc(N2C(=O)C(=O)/C(=C(\O)c3ccc4c(c3)CCCC4)C2c2ccco2)cc1Cl. The van der Waals surface area contributed by atoms with Crippen molar-refractivity contribution in [2.45, 2.75) is 38.6 Å². The van der Waals surface area contributed by atoms with Gasteiger partial charge in [-0.1, -0.05) is 29.8 Å². The molecule has 1 aromatic heterocycles. The number of Topliss-reactive ketones (excluding diaryl/α,β-unsaturated/α-hetero) is 1. The first-order chi connectivity index (χ1) is 15.5. The molecule has 32 heavy (non-hydrogen) atoms. The fraction of sp³-hybridized carbons (Fsp3) is 0.231. The van der Waals surface area contributed by atoms with Crippen molar-refractivity contribution in [2.75, 3.05) is 4.90 Å². The first kappa shape index (κ1) is 20.6. The summed E-state index contributed by atoms with van der Waals surface area (Å²) in [4.78, 5) is 27.6. The molecule has 6 heteroatoms. The van der Waals surface area contributed by atoms with Gasteiger partial charge in [-0.2, -0.15) is 0 Å². The molecular weight excluding hydrogens is 426 g/mol. The second kappa shape index (κ2) is 7.99. The van der Waals surface area contributed by atoms with E-state index in [9.17, 15) is 14.7 Å². The number of carbonyl (C=O) groups excluding carboxylic acids is 2. The van der Waals surface area contributed by atoms with Gasteiger partial charge in [0.1, 0.15) is 17.6 Å². The number of aliphatic hydroxyl groups is 1. The number of carbonyl (C=O) groups is 2. The van der Waals surface area contributed by atoms with Crippen molar-refractivity contribution in [1.29, 1.82) is 0 Å². The molecule has 1 aliphatic carbocycles. The van der Waals surface area contributed by atoms with E-state index >= 15 is 0 Å². The minimum atomic E-state index is -0.889. The molecule has 3 aromatic rings. The second-order valence-electron chi connectivity index (χ2n) is 8.31. The third-order valence-electron chi connectivity index (χ3n) is 6.31. The molecule has 1 unspecified atom stereocenters. The number of aryl methyl sites for hydroxylation is 3. The van der Waals surface area contributed by atoms with Crippen molar-refractivity contribution in [3.63, 3.8) is 0 Å². The van der Waals surface area contributed by atoms with E-state index in [4.69, 9.17) is 16.0 Å². The summed E-state index contributed by atoms with van der Waals surface area (Å²) >= 11 is 6.30. The predicted octanol–water partition coefficient (Wildman–Crippen LogP) is 5.75. The Balaban J connectivity index is 1.67. The maximum atomic E-state index is 13.2. The predicted molar refractivity (Wildman–Crippen MR) is 123 cm³/mol. The largest absolute Gasteiger partial charge is 0.507 e. The fourth-order valence-electron chi connectivity index (χ4n) is 4.58. The highest BCUT2D eigenvalue weighted by atomic mass is 35.5. The Morgan fingerprint density at radius 3 is 2.56 bits per heavy atom. The number of furan rings is 1. The Bertz CT molecular complexity index is 1260. The van der Waals surface area contributed by atoms with Gasteiger partial charge in [0.25, 0.3) is 11.7 Å². The molecule has 1 N–H and O–H groups in total. The maximum Gasteiger partial charge on any atom is 0.300 e. The first-order valence-electron chi connectivity index (χ1n) is 10.7. The Labute approximate surface area is 190 Å². The van der Waals surface area contributed by atoms with E-state index in [-0.39, 0.29) is 11.3 Å². The van der Waals surface area contributed by atoms with Gasteiger partial charge in [0.05, 0.1) is 11.8 Å². The lowest BCUT2D eigenvalue weighted by molar-refractivity contribution is -0.132. The van der Waals surface area contributed by atoms with Crippen LogP contribution in [0.1, 0.15) is 46.9 Å². The number of aliphatic hydroxyl groups excluding tert-OH is 1. The van der Waals surface area contributed by atoms with Crippen molar-refractivity contribution in [3.05, 3.63) is 93.4 Å². The molecule has 1 saturated heterocycles. The van der Waals surface area contributed by atoms with E-state index in [0.29, 0.717) is 22.0 Å². The standard InChI is InChI=1S/C26H22ClNO4/c1-15-8-11-19(14-20(15)27)28-23(21-7-4-12-32-21)22(25(30)26(28)31)24(29)18-10-9-16-5-2-3-6-17(16)13-18/h4,7-14,23,29H,2-3,5-6H2,1H3/b24-22-. The summed E-state index contributed by atoms with van der Waals surface area (Å²) in [7, 11) is 0. The minimum Gasteiger partial charge on any atom is -0.507 e. The number of amides is 1. The van der Waals surface area contributed by atoms with Gasteiger partial charge in [-0.3, -0.25) is 14.5 Å². The van der Waals surface area contributed by atoms with Gasteiger partial charge in [0.2, 0.25) is 0 Å². The van der Waals surface area contributed by atoms with Crippen molar-refractivity contribution in [1.82, 2.24) is 0 Å². The van der Waals surface area contributed by atoms with Crippen LogP contribution in [-0.2, 0) is 22.4 Å². The number of benzene rings is 2. The second-order valence-corrected chi connectivity index (χ2v) is 8.72. The summed E-state index contributed by atoms with van der Waals surface area (Å²) in [6, 6.07) is 13.4. The van der Waals surface area contributed by atoms with E-state index in [1.807, 2.05) is 25.1 Å². The lowest BCUT2D eigenvalue weighted by Crippen LogP contribution is -2.29. The van der Waals surface area contributed by atoms with Crippen LogP contribution in [0, 0.1) is 6.92 Å². The Morgan fingerprint density at radius 1 is 1.06 bits per heavy atom. The van der Waals surface area contributed by atoms with Gasteiger partial charge in [0.15, 0.2) is 0 Å². The average Bonchev–Trinajstić information content (AvgIpc) is 3.42. The molecule has 2 heterocycles. The van der Waals surface area contributed by atoms with Gasteiger partial charge < -0.3 is 9.52 Å². The molecule has 0 bridgehead atoms. The number of anilines is 1. The van der Waals surface area contributed by atoms with Gasteiger partial charge in [-0.05, 0) is 79.6 Å². The van der Waals surface area contributed by atoms with Crippen LogP contribution in [-0.4, -0.2) is 16.8 Å². The number of hydrogen-bond acceptors (Lipinski definition) is 4. The highest BCUT2D eigenvalue weighted by molar-refractivity contribution is 6.51. The summed E-state index contributed by atoms with van der Waals surface area (Å²) < 4.78 is 5.60. The van der Waals surface area contributed by atoms with Gasteiger partial charge in [-0.15, -0.1) is 0 Å². The van der Waals surface area contributed by atoms with Crippen LogP contribution in [0.5, 0.6) is 0 Å². The van der Waals surface area contributed by atoms with Crippen LogP contribution in [0.3, 0.4) is 0 Å². The summed E-state index contributed by atoms with van der Waals surface area (Å²) in [5, 5.41) is 11.7. The number of halogens is 1. The van der Waals surface area contributed by atoms with Gasteiger partial charge in [0, 0.05) is 16.3 Å². The third-order valence-corrected chi connectivity index (χ3v) is 6.72. The Morgan fingerprint density at radius 2 is 1.84 bits per heavy atom. The molecule has 0 spiro atoms. The van der Waals surface area contributed by atoms with Crippen molar-refractivity contribution < 1.29 is 19.1 Å². The van der Waals surface area contributed by atoms with E-state index < -0.39 is 17.7 Å². The molecule has 0 saturated carbocycles. The van der Waals surface area contributed by atoms with Crippen LogP contribution >= 0.6 is 11.6 Å². The first-order valence-corrected chi connectivity index (χ1v) is 11.1. The number of ketones is 1. The summed E-state index contributed by atoms with van der Waals surface area (Å²) in [5.41, 5.74) is 4.31. The van der Waals surface area contributed by atoms with Gasteiger partial charge >= 0.3 is 0 Å². The van der Waals surface area contributed by atoms with Gasteiger partial charge in [-0.25, -0.2) is 0 Å². The third kappa shape index (κ3) is 3.33.